The largest absolute Gasteiger partial charge is 0.733 e. The predicted molar refractivity (Wildman–Crippen MR) is 54.1 cm³/mol. The number of benzene rings is 1. The van der Waals surface area contributed by atoms with E-state index < -0.39 is 12.2 Å². The van der Waals surface area contributed by atoms with Gasteiger partial charge in [0.15, 0.2) is 0 Å². The fourth-order valence-electron chi connectivity index (χ4n) is 1.66. The molecule has 0 radical (unpaired) electrons. The molecular formula is C10H10NO4-. The average molecular weight is 208 g/mol. The Bertz CT molecular complexity index is 402. The van der Waals surface area contributed by atoms with E-state index in [2.05, 4.69) is 0 Å². The molecular weight excluding hydrogens is 198 g/mol. The van der Waals surface area contributed by atoms with Crippen molar-refractivity contribution in [3.05, 3.63) is 40.6 Å². The zero-order valence-electron chi connectivity index (χ0n) is 7.74. The minimum absolute atomic E-state index is 0.0506. The fourth-order valence-corrected chi connectivity index (χ4v) is 1.66. The van der Waals surface area contributed by atoms with Crippen LogP contribution in [0, 0.1) is 5.21 Å². The summed E-state index contributed by atoms with van der Waals surface area (Å²) >= 11 is 0. The Morgan fingerprint density at radius 2 is 2.00 bits per heavy atom. The number of aliphatic hydroxyl groups is 2. The first-order chi connectivity index (χ1) is 7.11. The van der Waals surface area contributed by atoms with E-state index in [1.165, 1.54) is 24.3 Å². The maximum Gasteiger partial charge on any atom is 0.109 e. The van der Waals surface area contributed by atoms with E-state index in [0.29, 0.717) is 11.1 Å². The molecule has 1 aliphatic rings. The van der Waals surface area contributed by atoms with Crippen LogP contribution < -0.4 is 5.23 Å². The molecule has 2 atom stereocenters. The van der Waals surface area contributed by atoms with E-state index in [-0.39, 0.29) is 10.9 Å². The first-order valence-electron chi connectivity index (χ1n) is 4.44. The molecule has 0 saturated heterocycles. The van der Waals surface area contributed by atoms with E-state index in [9.17, 15) is 15.4 Å². The van der Waals surface area contributed by atoms with Crippen LogP contribution in [0.3, 0.4) is 0 Å². The van der Waals surface area contributed by atoms with E-state index >= 15 is 0 Å². The number of rotatable bonds is 1. The Morgan fingerprint density at radius 1 is 1.27 bits per heavy atom. The smallest absolute Gasteiger partial charge is 0.109 e. The van der Waals surface area contributed by atoms with Crippen molar-refractivity contribution >= 4 is 11.8 Å². The van der Waals surface area contributed by atoms with Gasteiger partial charge in [-0.25, -0.2) is 0 Å². The van der Waals surface area contributed by atoms with Crippen molar-refractivity contribution in [2.24, 2.45) is 0 Å². The summed E-state index contributed by atoms with van der Waals surface area (Å²) in [6.07, 6.45) is 0.833. The lowest BCUT2D eigenvalue weighted by Gasteiger charge is -2.29. The molecule has 1 aromatic carbocycles. The monoisotopic (exact) mass is 208 g/mol. The number of anilines is 1. The minimum Gasteiger partial charge on any atom is -0.733 e. The number of fused-ring (bicyclic) bond motifs is 1. The molecule has 0 fully saturated rings. The second-order valence-electron chi connectivity index (χ2n) is 3.35. The molecule has 1 aromatic rings. The van der Waals surface area contributed by atoms with Gasteiger partial charge >= 0.3 is 0 Å². The van der Waals surface area contributed by atoms with Crippen LogP contribution in [0.1, 0.15) is 17.2 Å². The molecule has 2 rings (SSSR count). The quantitative estimate of drug-likeness (QED) is 0.594. The van der Waals surface area contributed by atoms with Gasteiger partial charge in [-0.1, -0.05) is 24.3 Å². The lowest BCUT2D eigenvalue weighted by molar-refractivity contribution is 0.0470. The SMILES string of the molecule is [O-]N(O)c1cccc2c1C=CC(O)C2O. The summed E-state index contributed by atoms with van der Waals surface area (Å²) in [5.41, 5.74) is 0.903. The minimum atomic E-state index is -1.06. The molecule has 0 heterocycles. The Balaban J connectivity index is 2.56. The summed E-state index contributed by atoms with van der Waals surface area (Å²) in [6, 6.07) is 4.56. The van der Waals surface area contributed by atoms with Gasteiger partial charge in [0.2, 0.25) is 0 Å². The summed E-state index contributed by atoms with van der Waals surface area (Å²) in [7, 11) is 0. The second kappa shape index (κ2) is 3.63. The van der Waals surface area contributed by atoms with Crippen LogP contribution in [-0.4, -0.2) is 21.5 Å². The maximum absolute atomic E-state index is 10.8. The maximum atomic E-state index is 10.8. The Labute approximate surface area is 86.0 Å². The van der Waals surface area contributed by atoms with Gasteiger partial charge in [-0.15, -0.1) is 0 Å². The summed E-state index contributed by atoms with van der Waals surface area (Å²) in [5.74, 6) is 0. The average Bonchev–Trinajstić information content (AvgIpc) is 2.23. The van der Waals surface area contributed by atoms with Crippen molar-refractivity contribution in [1.82, 2.24) is 0 Å². The van der Waals surface area contributed by atoms with Crippen LogP contribution in [0.15, 0.2) is 24.3 Å². The molecule has 5 nitrogen and oxygen atoms in total. The van der Waals surface area contributed by atoms with Gasteiger partial charge in [-0.05, 0) is 11.6 Å². The van der Waals surface area contributed by atoms with E-state index in [1.54, 1.807) is 6.07 Å². The third-order valence-corrected chi connectivity index (χ3v) is 2.43. The summed E-state index contributed by atoms with van der Waals surface area (Å²) < 4.78 is 0. The number of hydrogen-bond acceptors (Lipinski definition) is 5. The molecule has 5 heteroatoms. The van der Waals surface area contributed by atoms with Crippen molar-refractivity contribution in [1.29, 1.82) is 0 Å². The number of nitrogens with zero attached hydrogens (tertiary/aromatic N) is 1. The molecule has 15 heavy (non-hydrogen) atoms. The van der Waals surface area contributed by atoms with Gasteiger partial charge in [0.25, 0.3) is 0 Å². The summed E-state index contributed by atoms with van der Waals surface area (Å²) in [4.78, 5) is 0. The molecule has 3 N–H and O–H groups in total. The highest BCUT2D eigenvalue weighted by Gasteiger charge is 2.23. The number of hydrogen-bond donors (Lipinski definition) is 3. The van der Waals surface area contributed by atoms with Crippen molar-refractivity contribution in [3.63, 3.8) is 0 Å². The van der Waals surface area contributed by atoms with Crippen LogP contribution >= 0.6 is 0 Å². The molecule has 0 saturated carbocycles. The molecule has 0 aromatic heterocycles. The normalized spacial score (nSPS) is 23.7. The molecule has 0 amide bonds. The van der Waals surface area contributed by atoms with E-state index in [1.807, 2.05) is 0 Å². The van der Waals surface area contributed by atoms with Crippen molar-refractivity contribution in [2.75, 3.05) is 5.23 Å². The third-order valence-electron chi connectivity index (χ3n) is 2.43. The highest BCUT2D eigenvalue weighted by atomic mass is 16.8. The summed E-state index contributed by atoms with van der Waals surface area (Å²) in [6.45, 7) is 0. The molecule has 0 spiro atoms. The molecule has 0 bridgehead atoms. The second-order valence-corrected chi connectivity index (χ2v) is 3.35. The standard InChI is InChI=1S/C10H10NO4/c12-9-5-4-6-7(10(9)13)2-1-3-8(6)11(14)15/h1-5,9-10,12-14H/q-1. The van der Waals surface area contributed by atoms with Crippen LogP contribution in [0.4, 0.5) is 5.69 Å². The fraction of sp³-hybridized carbons (Fsp3) is 0.200. The lowest BCUT2D eigenvalue weighted by Crippen LogP contribution is -2.21. The van der Waals surface area contributed by atoms with E-state index in [4.69, 9.17) is 5.21 Å². The van der Waals surface area contributed by atoms with Crippen LogP contribution in [0.2, 0.25) is 0 Å². The van der Waals surface area contributed by atoms with Crippen molar-refractivity contribution < 1.29 is 15.4 Å². The molecule has 2 unspecified atom stereocenters. The zero-order chi connectivity index (χ0) is 11.0. The predicted octanol–water partition coefficient (Wildman–Crippen LogP) is 0.801. The van der Waals surface area contributed by atoms with Crippen molar-refractivity contribution in [2.45, 2.75) is 12.2 Å². The van der Waals surface area contributed by atoms with Gasteiger partial charge < -0.3 is 20.6 Å². The van der Waals surface area contributed by atoms with Crippen LogP contribution in [0.5, 0.6) is 0 Å². The Hall–Kier alpha value is -1.40. The Morgan fingerprint density at radius 3 is 2.67 bits per heavy atom. The summed E-state index contributed by atoms with van der Waals surface area (Å²) in [5, 5.41) is 38.4. The van der Waals surface area contributed by atoms with Gasteiger partial charge in [0.05, 0.1) is 5.69 Å². The topological polar surface area (TPSA) is 87.0 Å². The first-order valence-corrected chi connectivity index (χ1v) is 4.44. The zero-order valence-corrected chi connectivity index (χ0v) is 7.74. The number of aliphatic hydroxyl groups excluding tert-OH is 2. The molecule has 80 valence electrons. The molecule has 0 aliphatic heterocycles. The van der Waals surface area contributed by atoms with Gasteiger partial charge in [0, 0.05) is 5.56 Å². The Kier molecular flexibility index (Phi) is 2.45. The third kappa shape index (κ3) is 1.62. The van der Waals surface area contributed by atoms with E-state index in [0.717, 1.165) is 0 Å². The van der Waals surface area contributed by atoms with Crippen molar-refractivity contribution in [3.8, 4) is 0 Å². The van der Waals surface area contributed by atoms with Gasteiger partial charge in [-0.3, -0.25) is 5.21 Å². The lowest BCUT2D eigenvalue weighted by atomic mass is 9.92. The van der Waals surface area contributed by atoms with Crippen LogP contribution in [0.25, 0.3) is 6.08 Å². The van der Waals surface area contributed by atoms with Crippen LogP contribution in [-0.2, 0) is 0 Å². The first kappa shape index (κ1) is 10.1. The van der Waals surface area contributed by atoms with Gasteiger partial charge in [-0.2, -0.15) is 0 Å². The highest BCUT2D eigenvalue weighted by molar-refractivity contribution is 5.72. The molecule has 1 aliphatic carbocycles. The van der Waals surface area contributed by atoms with Gasteiger partial charge in [0.1, 0.15) is 12.2 Å². The highest BCUT2D eigenvalue weighted by Crippen LogP contribution is 2.33.